The van der Waals surface area contributed by atoms with E-state index in [9.17, 15) is 22.7 Å². The molecule has 1 atom stereocenters. The van der Waals surface area contributed by atoms with E-state index in [1.54, 1.807) is 31.2 Å². The number of nitrogens with zero attached hydrogens (tertiary/aromatic N) is 1. The zero-order valence-electron chi connectivity index (χ0n) is 17.4. The second-order valence-corrected chi connectivity index (χ2v) is 9.58. The largest absolute Gasteiger partial charge is 0.502 e. The normalized spacial score (nSPS) is 16.4. The number of rotatable bonds is 6. The zero-order chi connectivity index (χ0) is 23.8. The first-order valence-electron chi connectivity index (χ1n) is 9.99. The first-order valence-corrected chi connectivity index (χ1v) is 11.9. The molecular weight excluding hydrogens is 469 g/mol. The second-order valence-electron chi connectivity index (χ2n) is 7.23. The molecule has 0 bridgehead atoms. The highest BCUT2D eigenvalue weighted by Crippen LogP contribution is 2.45. The van der Waals surface area contributed by atoms with E-state index < -0.39 is 38.3 Å². The Morgan fingerprint density at radius 2 is 1.73 bits per heavy atom. The van der Waals surface area contributed by atoms with Gasteiger partial charge in [-0.1, -0.05) is 23.7 Å². The molecule has 0 saturated heterocycles. The Morgan fingerprint density at radius 3 is 2.36 bits per heavy atom. The van der Waals surface area contributed by atoms with E-state index in [-0.39, 0.29) is 10.6 Å². The first kappa shape index (κ1) is 22.8. The lowest BCUT2D eigenvalue weighted by molar-refractivity contribution is -0.117. The summed E-state index contributed by atoms with van der Waals surface area (Å²) in [5.74, 6) is -1.87. The highest BCUT2D eigenvalue weighted by molar-refractivity contribution is 7.95. The average molecular weight is 488 g/mol. The van der Waals surface area contributed by atoms with Gasteiger partial charge < -0.3 is 9.84 Å². The summed E-state index contributed by atoms with van der Waals surface area (Å²) < 4.78 is 46.3. The van der Waals surface area contributed by atoms with Crippen LogP contribution in [0.1, 0.15) is 18.5 Å². The number of sulfone groups is 1. The molecule has 3 aromatic carbocycles. The fourth-order valence-electron chi connectivity index (χ4n) is 3.71. The number of carbonyl (C=O) groups is 1. The van der Waals surface area contributed by atoms with Crippen molar-refractivity contribution in [2.24, 2.45) is 0 Å². The van der Waals surface area contributed by atoms with Crippen molar-refractivity contribution in [3.05, 3.63) is 99.9 Å². The van der Waals surface area contributed by atoms with Gasteiger partial charge in [0.25, 0.3) is 5.91 Å². The average Bonchev–Trinajstić information content (AvgIpc) is 3.06. The van der Waals surface area contributed by atoms with Gasteiger partial charge in [-0.2, -0.15) is 0 Å². The van der Waals surface area contributed by atoms with Crippen LogP contribution in [0.5, 0.6) is 5.75 Å². The van der Waals surface area contributed by atoms with Crippen LogP contribution in [0.25, 0.3) is 0 Å². The van der Waals surface area contributed by atoms with Crippen LogP contribution in [0.2, 0.25) is 5.02 Å². The maximum atomic E-state index is 13.6. The molecule has 1 aliphatic heterocycles. The Balaban J connectivity index is 1.93. The smallest absolute Gasteiger partial charge is 0.295 e. The van der Waals surface area contributed by atoms with Crippen molar-refractivity contribution in [1.29, 1.82) is 0 Å². The molecule has 0 radical (unpaired) electrons. The third kappa shape index (κ3) is 4.19. The van der Waals surface area contributed by atoms with Gasteiger partial charge >= 0.3 is 0 Å². The molecule has 4 rings (SSSR count). The summed E-state index contributed by atoms with van der Waals surface area (Å²) in [4.78, 5) is 13.7. The summed E-state index contributed by atoms with van der Waals surface area (Å²) in [5, 5.41) is 11.1. The maximum absolute atomic E-state index is 13.6. The van der Waals surface area contributed by atoms with Gasteiger partial charge in [0.05, 0.1) is 11.5 Å². The highest BCUT2D eigenvalue weighted by atomic mass is 35.5. The lowest BCUT2D eigenvalue weighted by atomic mass is 10.1. The monoisotopic (exact) mass is 487 g/mol. The first-order chi connectivity index (χ1) is 15.7. The molecule has 0 spiro atoms. The van der Waals surface area contributed by atoms with Gasteiger partial charge in [-0.3, -0.25) is 9.69 Å². The van der Waals surface area contributed by atoms with Gasteiger partial charge in [-0.15, -0.1) is 0 Å². The van der Waals surface area contributed by atoms with E-state index in [4.69, 9.17) is 16.3 Å². The van der Waals surface area contributed by atoms with E-state index in [0.717, 1.165) is 17.0 Å². The second kappa shape index (κ2) is 8.88. The van der Waals surface area contributed by atoms with Gasteiger partial charge in [0.2, 0.25) is 9.84 Å². The Hall–Kier alpha value is -3.36. The molecule has 0 saturated carbocycles. The molecule has 170 valence electrons. The molecule has 0 fully saturated rings. The minimum atomic E-state index is -4.32. The van der Waals surface area contributed by atoms with Crippen molar-refractivity contribution in [2.75, 3.05) is 11.5 Å². The number of hydrogen-bond donors (Lipinski definition) is 1. The summed E-state index contributed by atoms with van der Waals surface area (Å²) in [6, 6.07) is 15.8. The number of halogens is 2. The number of benzene rings is 3. The number of anilines is 1. The zero-order valence-corrected chi connectivity index (χ0v) is 19.0. The number of aliphatic hydroxyl groups excluding tert-OH is 1. The quantitative estimate of drug-likeness (QED) is 0.516. The molecular formula is C24H19ClFNO5S. The molecule has 6 nitrogen and oxygen atoms in total. The topological polar surface area (TPSA) is 83.9 Å². The SMILES string of the molecule is CCOc1cccc([C@H]2C(S(=O)(=O)c3ccc(Cl)cc3)=C(O)C(=O)N2c2ccc(F)cc2)c1. The van der Waals surface area contributed by atoms with Crippen LogP contribution in [0.4, 0.5) is 10.1 Å². The van der Waals surface area contributed by atoms with Gasteiger partial charge in [0, 0.05) is 10.7 Å². The Kier molecular flexibility index (Phi) is 6.14. The molecule has 1 aliphatic rings. The summed E-state index contributed by atoms with van der Waals surface area (Å²) >= 11 is 5.90. The minimum Gasteiger partial charge on any atom is -0.502 e. The Labute approximate surface area is 195 Å². The Bertz CT molecular complexity index is 1340. The minimum absolute atomic E-state index is 0.131. The molecule has 1 heterocycles. The van der Waals surface area contributed by atoms with E-state index >= 15 is 0 Å². The number of ether oxygens (including phenoxy) is 1. The molecule has 9 heteroatoms. The fourth-order valence-corrected chi connectivity index (χ4v) is 5.46. The fraction of sp³-hybridized carbons (Fsp3) is 0.125. The van der Waals surface area contributed by atoms with Crippen LogP contribution in [0.15, 0.2) is 88.4 Å². The van der Waals surface area contributed by atoms with E-state index in [1.165, 1.54) is 36.4 Å². The molecule has 0 unspecified atom stereocenters. The maximum Gasteiger partial charge on any atom is 0.295 e. The van der Waals surface area contributed by atoms with Crippen molar-refractivity contribution in [2.45, 2.75) is 17.9 Å². The summed E-state index contributed by atoms with van der Waals surface area (Å²) in [5.41, 5.74) is 0.622. The van der Waals surface area contributed by atoms with Crippen LogP contribution < -0.4 is 9.64 Å². The third-order valence-electron chi connectivity index (χ3n) is 5.16. The summed E-state index contributed by atoms with van der Waals surface area (Å²) in [6.07, 6.45) is 0. The van der Waals surface area contributed by atoms with Crippen molar-refractivity contribution in [3.8, 4) is 5.75 Å². The van der Waals surface area contributed by atoms with Gasteiger partial charge in [0.15, 0.2) is 5.76 Å². The van der Waals surface area contributed by atoms with Gasteiger partial charge in [0.1, 0.15) is 22.5 Å². The summed E-state index contributed by atoms with van der Waals surface area (Å²) in [6.45, 7) is 2.19. The number of aliphatic hydroxyl groups is 1. The van der Waals surface area contributed by atoms with Crippen LogP contribution in [0, 0.1) is 5.82 Å². The number of hydrogen-bond acceptors (Lipinski definition) is 5. The molecule has 1 N–H and O–H groups in total. The van der Waals surface area contributed by atoms with Crippen LogP contribution in [0.3, 0.4) is 0 Å². The standard InChI is InChI=1S/C24H19ClFNO5S/c1-2-32-19-5-3-4-15(14-19)21-23(33(30,31)20-12-6-16(25)7-13-20)22(28)24(29)27(21)18-10-8-17(26)9-11-18/h3-14,21,28H,2H2,1H3/t21-/m0/s1. The number of carbonyl (C=O) groups excluding carboxylic acids is 1. The van der Waals surface area contributed by atoms with E-state index in [0.29, 0.717) is 22.9 Å². The molecule has 3 aromatic rings. The van der Waals surface area contributed by atoms with Gasteiger partial charge in [-0.05, 0) is 73.2 Å². The predicted molar refractivity (Wildman–Crippen MR) is 123 cm³/mol. The van der Waals surface area contributed by atoms with Crippen molar-refractivity contribution in [3.63, 3.8) is 0 Å². The van der Waals surface area contributed by atoms with Crippen LogP contribution in [-0.4, -0.2) is 26.0 Å². The lowest BCUT2D eigenvalue weighted by Crippen LogP contribution is -2.31. The van der Waals surface area contributed by atoms with Crippen molar-refractivity contribution < 1.29 is 27.4 Å². The number of amides is 1. The van der Waals surface area contributed by atoms with E-state index in [2.05, 4.69) is 0 Å². The molecule has 0 aliphatic carbocycles. The predicted octanol–water partition coefficient (Wildman–Crippen LogP) is 5.21. The third-order valence-corrected chi connectivity index (χ3v) is 7.30. The van der Waals surface area contributed by atoms with Crippen molar-refractivity contribution in [1.82, 2.24) is 0 Å². The van der Waals surface area contributed by atoms with E-state index in [1.807, 2.05) is 0 Å². The van der Waals surface area contributed by atoms with Crippen molar-refractivity contribution >= 4 is 33.0 Å². The van der Waals surface area contributed by atoms with Crippen LogP contribution >= 0.6 is 11.6 Å². The van der Waals surface area contributed by atoms with Gasteiger partial charge in [-0.25, -0.2) is 12.8 Å². The molecule has 1 amide bonds. The molecule has 0 aromatic heterocycles. The lowest BCUT2D eigenvalue weighted by Gasteiger charge is -2.27. The molecule has 33 heavy (non-hydrogen) atoms. The summed E-state index contributed by atoms with van der Waals surface area (Å²) in [7, 11) is -4.32. The Morgan fingerprint density at radius 1 is 1.06 bits per heavy atom. The van der Waals surface area contributed by atoms with Crippen LogP contribution in [-0.2, 0) is 14.6 Å². The highest BCUT2D eigenvalue weighted by Gasteiger charge is 2.47.